The highest BCUT2D eigenvalue weighted by atomic mass is 19.4. The molecule has 0 bridgehead atoms. The standard InChI is InChI=1S/C27H26F3N3O4/c1-4-20-22(25(34)36-5-2)21(17-12-10-16(15-31)11-13-17)23(26(35)37-6-3)24(32)33(20)19-9-7-8-18(14-19)27(28,29)30/h7-14,21,23,32H,4-6H2,1-3H3. The molecular weight excluding hydrogens is 487 g/mol. The Bertz CT molecular complexity index is 1260. The summed E-state index contributed by atoms with van der Waals surface area (Å²) in [5.74, 6) is -4.28. The van der Waals surface area contributed by atoms with Crippen molar-refractivity contribution >= 4 is 23.5 Å². The molecule has 0 saturated carbocycles. The van der Waals surface area contributed by atoms with E-state index in [1.165, 1.54) is 29.2 Å². The maximum atomic E-state index is 13.5. The number of hydrogen-bond donors (Lipinski definition) is 1. The highest BCUT2D eigenvalue weighted by Crippen LogP contribution is 2.45. The zero-order valence-corrected chi connectivity index (χ0v) is 20.6. The lowest BCUT2D eigenvalue weighted by molar-refractivity contribution is -0.146. The normalized spacial score (nSPS) is 17.9. The van der Waals surface area contributed by atoms with Crippen molar-refractivity contribution in [1.29, 1.82) is 10.7 Å². The summed E-state index contributed by atoms with van der Waals surface area (Å²) in [7, 11) is 0. The van der Waals surface area contributed by atoms with Crippen LogP contribution in [0.3, 0.4) is 0 Å². The number of nitrogens with zero attached hydrogens (tertiary/aromatic N) is 2. The number of amidine groups is 1. The van der Waals surface area contributed by atoms with Crippen LogP contribution < -0.4 is 4.90 Å². The molecule has 3 rings (SSSR count). The maximum Gasteiger partial charge on any atom is 0.416 e. The molecule has 0 saturated heterocycles. The third-order valence-corrected chi connectivity index (χ3v) is 5.96. The summed E-state index contributed by atoms with van der Waals surface area (Å²) in [5, 5.41) is 18.2. The fraction of sp³-hybridized carbons (Fsp3) is 0.333. The van der Waals surface area contributed by atoms with Crippen LogP contribution in [0.4, 0.5) is 18.9 Å². The average molecular weight is 514 g/mol. The van der Waals surface area contributed by atoms with Gasteiger partial charge >= 0.3 is 18.1 Å². The summed E-state index contributed by atoms with van der Waals surface area (Å²) in [5.41, 5.74) is 0.127. The number of benzene rings is 2. The Labute approximate surface area is 212 Å². The molecule has 2 aromatic rings. The second-order valence-electron chi connectivity index (χ2n) is 8.14. The van der Waals surface area contributed by atoms with Gasteiger partial charge in [0.25, 0.3) is 0 Å². The van der Waals surface area contributed by atoms with Gasteiger partial charge in [-0.25, -0.2) is 4.79 Å². The first-order valence-corrected chi connectivity index (χ1v) is 11.7. The molecule has 0 aliphatic carbocycles. The van der Waals surface area contributed by atoms with Crippen LogP contribution in [0.1, 0.15) is 49.8 Å². The molecule has 0 fully saturated rings. The maximum absolute atomic E-state index is 13.5. The molecule has 0 aromatic heterocycles. The van der Waals surface area contributed by atoms with E-state index in [-0.39, 0.29) is 42.4 Å². The largest absolute Gasteiger partial charge is 0.465 e. The number of anilines is 1. The van der Waals surface area contributed by atoms with E-state index >= 15 is 0 Å². The van der Waals surface area contributed by atoms with E-state index in [9.17, 15) is 28.0 Å². The molecule has 1 N–H and O–H groups in total. The Morgan fingerprint density at radius 1 is 1.05 bits per heavy atom. The summed E-state index contributed by atoms with van der Waals surface area (Å²) in [6.45, 7) is 4.91. The predicted molar refractivity (Wildman–Crippen MR) is 130 cm³/mol. The number of rotatable bonds is 7. The van der Waals surface area contributed by atoms with Gasteiger partial charge in [-0.15, -0.1) is 0 Å². The lowest BCUT2D eigenvalue weighted by atomic mass is 9.74. The monoisotopic (exact) mass is 513 g/mol. The molecule has 0 spiro atoms. The van der Waals surface area contributed by atoms with Gasteiger partial charge in [0.05, 0.1) is 36.0 Å². The first-order chi connectivity index (χ1) is 17.6. The van der Waals surface area contributed by atoms with E-state index < -0.39 is 35.5 Å². The lowest BCUT2D eigenvalue weighted by Crippen LogP contribution is -2.48. The molecule has 0 amide bonds. The molecule has 2 unspecified atom stereocenters. The van der Waals surface area contributed by atoms with Crippen LogP contribution in [-0.4, -0.2) is 31.0 Å². The van der Waals surface area contributed by atoms with Gasteiger partial charge in [0.1, 0.15) is 11.8 Å². The van der Waals surface area contributed by atoms with Crippen molar-refractivity contribution in [3.05, 3.63) is 76.5 Å². The number of alkyl halides is 3. The van der Waals surface area contributed by atoms with Crippen molar-refractivity contribution in [3.8, 4) is 6.07 Å². The van der Waals surface area contributed by atoms with Gasteiger partial charge in [-0.3, -0.25) is 10.2 Å². The Hall–Kier alpha value is -4.13. The van der Waals surface area contributed by atoms with Gasteiger partial charge in [-0.05, 0) is 56.2 Å². The van der Waals surface area contributed by atoms with Gasteiger partial charge in [0, 0.05) is 17.3 Å². The molecule has 1 aliphatic rings. The van der Waals surface area contributed by atoms with Crippen molar-refractivity contribution in [2.45, 2.75) is 39.3 Å². The summed E-state index contributed by atoms with van der Waals surface area (Å²) >= 11 is 0. The van der Waals surface area contributed by atoms with Crippen molar-refractivity contribution < 1.29 is 32.2 Å². The SMILES string of the molecule is CCOC(=O)C1=C(CC)N(c2cccc(C(F)(F)F)c2)C(=N)C(C(=O)OCC)C1c1ccc(C#N)cc1. The number of nitrogens with one attached hydrogen (secondary N) is 1. The Morgan fingerprint density at radius 2 is 1.70 bits per heavy atom. The van der Waals surface area contributed by atoms with Crippen molar-refractivity contribution in [2.75, 3.05) is 18.1 Å². The van der Waals surface area contributed by atoms with Gasteiger partial charge in [-0.2, -0.15) is 18.4 Å². The Morgan fingerprint density at radius 3 is 2.24 bits per heavy atom. The molecule has 1 aliphatic heterocycles. The number of esters is 2. The Balaban J connectivity index is 2.36. The predicted octanol–water partition coefficient (Wildman–Crippen LogP) is 5.56. The van der Waals surface area contributed by atoms with Gasteiger partial charge < -0.3 is 14.4 Å². The molecule has 10 heteroatoms. The third kappa shape index (κ3) is 5.50. The molecule has 2 aromatic carbocycles. The van der Waals surface area contributed by atoms with E-state index in [1.807, 2.05) is 6.07 Å². The van der Waals surface area contributed by atoms with Crippen LogP contribution in [-0.2, 0) is 25.2 Å². The number of carbonyl (C=O) groups is 2. The first-order valence-electron chi connectivity index (χ1n) is 11.7. The number of allylic oxidation sites excluding steroid dienone is 1. The summed E-state index contributed by atoms with van der Waals surface area (Å²) < 4.78 is 51.1. The molecule has 37 heavy (non-hydrogen) atoms. The number of ether oxygens (including phenoxy) is 2. The van der Waals surface area contributed by atoms with E-state index in [0.29, 0.717) is 11.1 Å². The van der Waals surface area contributed by atoms with Crippen LogP contribution in [0.5, 0.6) is 0 Å². The number of carbonyl (C=O) groups excluding carboxylic acids is 2. The highest BCUT2D eigenvalue weighted by Gasteiger charge is 2.48. The van der Waals surface area contributed by atoms with E-state index in [2.05, 4.69) is 0 Å². The summed E-state index contributed by atoms with van der Waals surface area (Å²) in [6, 6.07) is 12.6. The van der Waals surface area contributed by atoms with Gasteiger partial charge in [0.2, 0.25) is 0 Å². The topological polar surface area (TPSA) is 103 Å². The minimum atomic E-state index is -4.64. The minimum Gasteiger partial charge on any atom is -0.465 e. The summed E-state index contributed by atoms with van der Waals surface area (Å²) in [4.78, 5) is 27.8. The van der Waals surface area contributed by atoms with Crippen LogP contribution in [0.2, 0.25) is 0 Å². The molecular formula is C27H26F3N3O4. The Kier molecular flexibility index (Phi) is 8.38. The van der Waals surface area contributed by atoms with Crippen molar-refractivity contribution in [3.63, 3.8) is 0 Å². The van der Waals surface area contributed by atoms with Crippen molar-refractivity contribution in [2.24, 2.45) is 5.92 Å². The fourth-order valence-corrected chi connectivity index (χ4v) is 4.43. The molecule has 7 nitrogen and oxygen atoms in total. The number of hydrogen-bond acceptors (Lipinski definition) is 6. The summed E-state index contributed by atoms with van der Waals surface area (Å²) in [6.07, 6.45) is -4.49. The molecule has 0 radical (unpaired) electrons. The van der Waals surface area contributed by atoms with E-state index in [1.54, 1.807) is 32.9 Å². The van der Waals surface area contributed by atoms with E-state index in [4.69, 9.17) is 14.9 Å². The first kappa shape index (κ1) is 27.5. The highest BCUT2D eigenvalue weighted by molar-refractivity contribution is 6.14. The lowest BCUT2D eigenvalue weighted by Gasteiger charge is -2.41. The smallest absolute Gasteiger partial charge is 0.416 e. The average Bonchev–Trinajstić information content (AvgIpc) is 2.87. The molecule has 194 valence electrons. The second kappa shape index (κ2) is 11.3. The second-order valence-corrected chi connectivity index (χ2v) is 8.14. The number of nitriles is 1. The van der Waals surface area contributed by atoms with Crippen LogP contribution in [0.15, 0.2) is 59.8 Å². The van der Waals surface area contributed by atoms with Crippen LogP contribution in [0.25, 0.3) is 0 Å². The zero-order chi connectivity index (χ0) is 27.3. The third-order valence-electron chi connectivity index (χ3n) is 5.96. The van der Waals surface area contributed by atoms with Gasteiger partial charge in [0.15, 0.2) is 0 Å². The zero-order valence-electron chi connectivity index (χ0n) is 20.6. The molecule has 2 atom stereocenters. The number of halogens is 3. The minimum absolute atomic E-state index is 0.00858. The van der Waals surface area contributed by atoms with E-state index in [0.717, 1.165) is 12.1 Å². The van der Waals surface area contributed by atoms with Crippen LogP contribution in [0, 0.1) is 22.7 Å². The van der Waals surface area contributed by atoms with Crippen LogP contribution >= 0.6 is 0 Å². The van der Waals surface area contributed by atoms with Crippen molar-refractivity contribution in [1.82, 2.24) is 0 Å². The van der Waals surface area contributed by atoms with Gasteiger partial charge in [-0.1, -0.05) is 25.1 Å². The molecule has 1 heterocycles. The quantitative estimate of drug-likeness (QED) is 0.486. The fourth-order valence-electron chi connectivity index (χ4n) is 4.43.